The number of rotatable bonds is 4. The van der Waals surface area contributed by atoms with Gasteiger partial charge in [0.25, 0.3) is 0 Å². The van der Waals surface area contributed by atoms with Gasteiger partial charge in [-0.2, -0.15) is 0 Å². The molecule has 7 aromatic rings. The van der Waals surface area contributed by atoms with Crippen molar-refractivity contribution in [3.63, 3.8) is 0 Å². The molecule has 0 aliphatic heterocycles. The van der Waals surface area contributed by atoms with Gasteiger partial charge in [-0.1, -0.05) is 98.1 Å². The molecule has 2 heterocycles. The number of imidazole rings is 1. The zero-order valence-electron chi connectivity index (χ0n) is 24.4. The topological polar surface area (TPSA) is 17.3 Å². The van der Waals surface area contributed by atoms with E-state index in [9.17, 15) is 0 Å². The van der Waals surface area contributed by atoms with Crippen LogP contribution in [-0.4, -0.2) is 32.4 Å². The van der Waals surface area contributed by atoms with Crippen LogP contribution in [0.25, 0.3) is 60.8 Å². The van der Waals surface area contributed by atoms with Crippen LogP contribution in [0.5, 0.6) is 0 Å². The summed E-state index contributed by atoms with van der Waals surface area (Å²) in [6.07, 6.45) is 2.06. The van der Waals surface area contributed by atoms with E-state index in [4.69, 9.17) is 4.98 Å². The SMILES string of the molecule is Cc1cc2c3ccc[c-]c3c3ncc(-c4c(-c5ccccc5)cc(C(C)C)cc4-c4ccccc4)n3c2cc1C.[Cl-].[Mg+2]. The molecule has 0 spiro atoms. The van der Waals surface area contributed by atoms with Gasteiger partial charge in [-0.3, -0.25) is 4.98 Å². The monoisotopic (exact) mass is 574 g/mol. The van der Waals surface area contributed by atoms with Crippen molar-refractivity contribution in [3.8, 4) is 33.5 Å². The third-order valence-electron chi connectivity index (χ3n) is 8.24. The molecule has 0 bridgehead atoms. The summed E-state index contributed by atoms with van der Waals surface area (Å²) in [7, 11) is 0. The third kappa shape index (κ3) is 4.90. The Kier molecular flexibility index (Phi) is 8.48. The normalized spacial score (nSPS) is 11.2. The van der Waals surface area contributed by atoms with Crippen molar-refractivity contribution in [3.05, 3.63) is 132 Å². The van der Waals surface area contributed by atoms with Gasteiger partial charge < -0.3 is 16.8 Å². The molecule has 0 aliphatic carbocycles. The number of aryl methyl sites for hydroxylation is 2. The van der Waals surface area contributed by atoms with Crippen LogP contribution >= 0.6 is 0 Å². The van der Waals surface area contributed by atoms with Gasteiger partial charge >= 0.3 is 23.1 Å². The number of halogens is 1. The van der Waals surface area contributed by atoms with Crippen LogP contribution in [0.3, 0.4) is 0 Å². The first-order valence-electron chi connectivity index (χ1n) is 14.0. The van der Waals surface area contributed by atoms with Crippen LogP contribution in [0.4, 0.5) is 0 Å². The fraction of sp³-hybridized carbons (Fsp3) is 0.132. The maximum Gasteiger partial charge on any atom is 2.00 e. The molecule has 4 heteroatoms. The van der Waals surface area contributed by atoms with Crippen molar-refractivity contribution in [1.29, 1.82) is 0 Å². The summed E-state index contributed by atoms with van der Waals surface area (Å²) in [6.45, 7) is 8.93. The summed E-state index contributed by atoms with van der Waals surface area (Å²) in [5, 5.41) is 3.46. The van der Waals surface area contributed by atoms with Gasteiger partial charge in [-0.05, 0) is 70.2 Å². The molecule has 0 radical (unpaired) electrons. The predicted octanol–water partition coefficient (Wildman–Crippen LogP) is 6.81. The van der Waals surface area contributed by atoms with Crippen LogP contribution in [0, 0.1) is 19.9 Å². The fourth-order valence-corrected chi connectivity index (χ4v) is 5.96. The van der Waals surface area contributed by atoms with E-state index in [1.165, 1.54) is 60.8 Å². The molecule has 202 valence electrons. The van der Waals surface area contributed by atoms with Gasteiger partial charge in [-0.15, -0.1) is 29.7 Å². The largest absolute Gasteiger partial charge is 2.00 e. The average molecular weight is 575 g/mol. The minimum atomic E-state index is 0. The second-order valence-electron chi connectivity index (χ2n) is 11.1. The van der Waals surface area contributed by atoms with Crippen LogP contribution in [0.15, 0.2) is 109 Å². The predicted molar refractivity (Wildman–Crippen MR) is 175 cm³/mol. The zero-order valence-corrected chi connectivity index (χ0v) is 26.6. The van der Waals surface area contributed by atoms with E-state index in [2.05, 4.69) is 141 Å². The van der Waals surface area contributed by atoms with Gasteiger partial charge in [0.2, 0.25) is 0 Å². The minimum absolute atomic E-state index is 0. The molecule has 7 rings (SSSR count). The summed E-state index contributed by atoms with van der Waals surface area (Å²) in [5.74, 6) is 0.395. The maximum atomic E-state index is 5.08. The average Bonchev–Trinajstić information content (AvgIpc) is 3.43. The molecular weight excluding hydrogens is 544 g/mol. The first-order chi connectivity index (χ1) is 19.5. The summed E-state index contributed by atoms with van der Waals surface area (Å²) in [6, 6.07) is 40.7. The van der Waals surface area contributed by atoms with E-state index >= 15 is 0 Å². The van der Waals surface area contributed by atoms with Gasteiger partial charge in [-0.25, -0.2) is 0 Å². The molecule has 0 fully saturated rings. The smallest absolute Gasteiger partial charge is 1.00 e. The number of benzene rings is 5. The Morgan fingerprint density at radius 3 is 1.90 bits per heavy atom. The molecule has 2 aromatic heterocycles. The van der Waals surface area contributed by atoms with Crippen molar-refractivity contribution in [2.24, 2.45) is 0 Å². The molecular formula is C38H31ClMgN2. The molecule has 0 saturated heterocycles. The Morgan fingerprint density at radius 1 is 0.714 bits per heavy atom. The molecule has 2 nitrogen and oxygen atoms in total. The van der Waals surface area contributed by atoms with Crippen molar-refractivity contribution >= 4 is 50.4 Å². The van der Waals surface area contributed by atoms with E-state index in [1.807, 2.05) is 6.07 Å². The molecule has 0 saturated carbocycles. The molecule has 5 aromatic carbocycles. The Hall–Kier alpha value is -3.63. The summed E-state index contributed by atoms with van der Waals surface area (Å²) in [5.41, 5.74) is 13.1. The number of fused-ring (bicyclic) bond motifs is 6. The number of hydrogen-bond donors (Lipinski definition) is 0. The van der Waals surface area contributed by atoms with Gasteiger partial charge in [0.1, 0.15) is 0 Å². The quantitative estimate of drug-likeness (QED) is 0.128. The second kappa shape index (κ2) is 11.9. The summed E-state index contributed by atoms with van der Waals surface area (Å²) >= 11 is 0. The Bertz CT molecular complexity index is 1980. The van der Waals surface area contributed by atoms with E-state index in [-0.39, 0.29) is 35.5 Å². The van der Waals surface area contributed by atoms with Crippen LogP contribution < -0.4 is 12.4 Å². The third-order valence-corrected chi connectivity index (χ3v) is 8.24. The number of hydrogen-bond acceptors (Lipinski definition) is 1. The molecule has 0 unspecified atom stereocenters. The van der Waals surface area contributed by atoms with Crippen molar-refractivity contribution in [1.82, 2.24) is 9.38 Å². The van der Waals surface area contributed by atoms with Gasteiger partial charge in [0.05, 0.1) is 11.3 Å². The van der Waals surface area contributed by atoms with Crippen LogP contribution in [0.1, 0.15) is 36.5 Å². The summed E-state index contributed by atoms with van der Waals surface area (Å²) < 4.78 is 2.36. The first-order valence-corrected chi connectivity index (χ1v) is 14.0. The fourth-order valence-electron chi connectivity index (χ4n) is 5.96. The number of pyridine rings is 1. The number of nitrogens with zero attached hydrogens (tertiary/aromatic N) is 2. The molecule has 0 amide bonds. The van der Waals surface area contributed by atoms with E-state index in [1.54, 1.807) is 0 Å². The molecule has 0 aliphatic rings. The Labute approximate surface area is 270 Å². The zero-order chi connectivity index (χ0) is 27.4. The van der Waals surface area contributed by atoms with Crippen molar-refractivity contribution < 1.29 is 12.4 Å². The van der Waals surface area contributed by atoms with Gasteiger partial charge in [0, 0.05) is 17.3 Å². The Balaban J connectivity index is 0.00000176. The first kappa shape index (κ1) is 29.8. The van der Waals surface area contributed by atoms with E-state index in [0.717, 1.165) is 16.7 Å². The van der Waals surface area contributed by atoms with E-state index in [0.29, 0.717) is 5.92 Å². The van der Waals surface area contributed by atoms with Crippen LogP contribution in [0.2, 0.25) is 0 Å². The van der Waals surface area contributed by atoms with Crippen molar-refractivity contribution in [2.45, 2.75) is 33.6 Å². The second-order valence-corrected chi connectivity index (χ2v) is 11.1. The molecule has 0 N–H and O–H groups in total. The van der Waals surface area contributed by atoms with Crippen LogP contribution in [-0.2, 0) is 0 Å². The maximum absolute atomic E-state index is 5.08. The Morgan fingerprint density at radius 2 is 1.31 bits per heavy atom. The minimum Gasteiger partial charge on any atom is -1.00 e. The van der Waals surface area contributed by atoms with E-state index < -0.39 is 0 Å². The van der Waals surface area contributed by atoms with Crippen molar-refractivity contribution in [2.75, 3.05) is 0 Å². The number of aromatic nitrogens is 2. The van der Waals surface area contributed by atoms with Gasteiger partial charge in [0.15, 0.2) is 0 Å². The summed E-state index contributed by atoms with van der Waals surface area (Å²) in [4.78, 5) is 5.08. The standard InChI is InChI=1S/C38H31N2.ClH.Mg/c1-24(2)29-21-32(27-13-7-5-8-14-27)37(33(22-29)28-15-9-6-10-16-28)36-23-39-38-31-18-12-11-17-30(31)34-19-25(3)26(4)20-35(34)40(36)38;;/h5-17,19-24H,1-4H3;1H;/q-1;;+2/p-1. The molecule has 42 heavy (non-hydrogen) atoms. The molecule has 0 atom stereocenters.